The Hall–Kier alpha value is -4.33. The number of aryl methyl sites for hydroxylation is 2. The van der Waals surface area contributed by atoms with Crippen molar-refractivity contribution in [1.82, 2.24) is 0 Å². The number of esters is 1. The molecule has 0 aliphatic heterocycles. The predicted molar refractivity (Wildman–Crippen MR) is 133 cm³/mol. The van der Waals surface area contributed by atoms with E-state index >= 15 is 0 Å². The van der Waals surface area contributed by atoms with E-state index in [0.717, 1.165) is 5.56 Å². The van der Waals surface area contributed by atoms with Crippen molar-refractivity contribution in [3.05, 3.63) is 82.4 Å². The second-order valence-electron chi connectivity index (χ2n) is 7.81. The molecule has 0 saturated heterocycles. The lowest BCUT2D eigenvalue weighted by Gasteiger charge is -2.15. The maximum Gasteiger partial charge on any atom is 0.337 e. The Kier molecular flexibility index (Phi) is 8.67. The third-order valence-electron chi connectivity index (χ3n) is 5.73. The summed E-state index contributed by atoms with van der Waals surface area (Å²) in [5.41, 5.74) is 2.38. The van der Waals surface area contributed by atoms with E-state index < -0.39 is 17.5 Å². The number of rotatable bonds is 11. The highest BCUT2D eigenvalue weighted by Gasteiger charge is 2.25. The monoisotopic (exact) mass is 492 g/mol. The maximum atomic E-state index is 13.4. The number of hydrogen-bond acceptors (Lipinski definition) is 8. The highest BCUT2D eigenvalue weighted by atomic mass is 16.5. The highest BCUT2D eigenvalue weighted by Crippen LogP contribution is 2.32. The Morgan fingerprint density at radius 2 is 1.19 bits per heavy atom. The van der Waals surface area contributed by atoms with Gasteiger partial charge in [-0.3, -0.25) is 9.59 Å². The molecule has 0 aromatic heterocycles. The van der Waals surface area contributed by atoms with Gasteiger partial charge in [0.25, 0.3) is 0 Å². The Morgan fingerprint density at radius 1 is 0.611 bits per heavy atom. The number of ether oxygens (including phenoxy) is 5. The number of hydrogen-bond donors (Lipinski definition) is 0. The second kappa shape index (κ2) is 11.9. The Balaban J connectivity index is 1.95. The maximum absolute atomic E-state index is 13.4. The number of Topliss-reactive ketones (excluding diaryl/α,β-unsaturated/α-hetero) is 2. The van der Waals surface area contributed by atoms with Crippen LogP contribution >= 0.6 is 0 Å². The summed E-state index contributed by atoms with van der Waals surface area (Å²) in [7, 11) is 7.23. The van der Waals surface area contributed by atoms with Crippen molar-refractivity contribution in [1.29, 1.82) is 0 Å². The molecule has 0 bridgehead atoms. The molecule has 8 nitrogen and oxygen atoms in total. The van der Waals surface area contributed by atoms with Crippen LogP contribution < -0.4 is 18.9 Å². The van der Waals surface area contributed by atoms with E-state index in [1.54, 1.807) is 24.3 Å². The lowest BCUT2D eigenvalue weighted by atomic mass is 9.93. The van der Waals surface area contributed by atoms with Crippen molar-refractivity contribution in [2.24, 2.45) is 0 Å². The Labute approximate surface area is 209 Å². The first-order valence-corrected chi connectivity index (χ1v) is 11.1. The van der Waals surface area contributed by atoms with Crippen LogP contribution in [0.4, 0.5) is 0 Å². The summed E-state index contributed by atoms with van der Waals surface area (Å²) in [5, 5.41) is 0. The average Bonchev–Trinajstić information content (AvgIpc) is 2.94. The summed E-state index contributed by atoms with van der Waals surface area (Å²) in [5.74, 6) is -0.238. The van der Waals surface area contributed by atoms with E-state index in [-0.39, 0.29) is 11.1 Å². The zero-order valence-corrected chi connectivity index (χ0v) is 20.9. The smallest absolute Gasteiger partial charge is 0.337 e. The van der Waals surface area contributed by atoms with Gasteiger partial charge >= 0.3 is 5.97 Å². The molecule has 0 radical (unpaired) electrons. The molecular weight excluding hydrogens is 464 g/mol. The van der Waals surface area contributed by atoms with E-state index in [0.29, 0.717) is 47.0 Å². The van der Waals surface area contributed by atoms with E-state index in [1.165, 1.54) is 53.7 Å². The van der Waals surface area contributed by atoms with Crippen molar-refractivity contribution in [2.45, 2.75) is 12.8 Å². The molecule has 0 fully saturated rings. The summed E-state index contributed by atoms with van der Waals surface area (Å²) in [6, 6.07) is 14.8. The van der Waals surface area contributed by atoms with Crippen LogP contribution in [-0.4, -0.2) is 53.1 Å². The Bertz CT molecular complexity index is 1240. The topological polar surface area (TPSA) is 97.4 Å². The fraction of sp³-hybridized carbons (Fsp3) is 0.250. The van der Waals surface area contributed by atoms with Gasteiger partial charge in [-0.05, 0) is 60.4 Å². The molecule has 3 aromatic rings. The van der Waals surface area contributed by atoms with Gasteiger partial charge in [-0.2, -0.15) is 0 Å². The van der Waals surface area contributed by atoms with Gasteiger partial charge in [-0.25, -0.2) is 4.79 Å². The first-order chi connectivity index (χ1) is 17.3. The first-order valence-electron chi connectivity index (χ1n) is 11.1. The molecule has 8 heteroatoms. The largest absolute Gasteiger partial charge is 0.497 e. The van der Waals surface area contributed by atoms with Crippen LogP contribution in [0.5, 0.6) is 23.0 Å². The third-order valence-corrected chi connectivity index (χ3v) is 5.73. The number of methoxy groups -OCH3 is 5. The van der Waals surface area contributed by atoms with Crippen LogP contribution in [0.3, 0.4) is 0 Å². The zero-order chi connectivity index (χ0) is 26.2. The van der Waals surface area contributed by atoms with Crippen LogP contribution in [0.2, 0.25) is 0 Å². The molecule has 36 heavy (non-hydrogen) atoms. The molecule has 3 rings (SSSR count). The normalized spacial score (nSPS) is 10.4. The summed E-state index contributed by atoms with van der Waals surface area (Å²) in [6.07, 6.45) is 0.992. The van der Waals surface area contributed by atoms with E-state index in [9.17, 15) is 14.4 Å². The fourth-order valence-corrected chi connectivity index (χ4v) is 3.74. The predicted octanol–water partition coefficient (Wildman–Crippen LogP) is 4.36. The molecule has 0 amide bonds. The van der Waals surface area contributed by atoms with Gasteiger partial charge in [0.05, 0.1) is 41.1 Å². The van der Waals surface area contributed by atoms with Crippen LogP contribution in [0.1, 0.15) is 42.2 Å². The van der Waals surface area contributed by atoms with Gasteiger partial charge in [0, 0.05) is 17.2 Å². The van der Waals surface area contributed by atoms with E-state index in [4.69, 9.17) is 23.7 Å². The van der Waals surface area contributed by atoms with E-state index in [2.05, 4.69) is 0 Å². The van der Waals surface area contributed by atoms with Gasteiger partial charge in [-0.1, -0.05) is 12.1 Å². The summed E-state index contributed by atoms with van der Waals surface area (Å²) in [4.78, 5) is 38.3. The van der Waals surface area contributed by atoms with Crippen LogP contribution in [-0.2, 0) is 17.6 Å². The molecule has 3 aromatic carbocycles. The van der Waals surface area contributed by atoms with Gasteiger partial charge < -0.3 is 23.7 Å². The molecule has 188 valence electrons. The second-order valence-corrected chi connectivity index (χ2v) is 7.81. The molecule has 0 heterocycles. The molecule has 0 saturated carbocycles. The van der Waals surface area contributed by atoms with Gasteiger partial charge in [0.15, 0.2) is 11.5 Å². The molecule has 0 atom stereocenters. The number of carbonyl (C=O) groups is 3. The minimum Gasteiger partial charge on any atom is -0.497 e. The standard InChI is InChI=1S/C28H28O8/c1-32-21-12-20(13-22(15-21)33-2)26(29)27(30)23-16-25(35-4)24(34-3)14-19(23)11-8-17-6-9-18(10-7-17)28(31)36-5/h6-7,9-10,12-16H,8,11H2,1-5H3. The summed E-state index contributed by atoms with van der Waals surface area (Å²) in [6.45, 7) is 0. The molecular formula is C28H28O8. The van der Waals surface area contributed by atoms with Crippen molar-refractivity contribution >= 4 is 17.5 Å². The quantitative estimate of drug-likeness (QED) is 0.221. The molecule has 0 unspecified atom stereocenters. The Morgan fingerprint density at radius 3 is 1.72 bits per heavy atom. The van der Waals surface area contributed by atoms with Crippen molar-refractivity contribution in [3.8, 4) is 23.0 Å². The average molecular weight is 493 g/mol. The van der Waals surface area contributed by atoms with Gasteiger partial charge in [-0.15, -0.1) is 0 Å². The number of carbonyl (C=O) groups excluding carboxylic acids is 3. The number of ketones is 2. The minimum atomic E-state index is -0.705. The van der Waals surface area contributed by atoms with Crippen molar-refractivity contribution in [2.75, 3.05) is 35.5 Å². The first kappa shape index (κ1) is 26.3. The van der Waals surface area contributed by atoms with Crippen molar-refractivity contribution in [3.63, 3.8) is 0 Å². The number of benzene rings is 3. The van der Waals surface area contributed by atoms with Gasteiger partial charge in [0.2, 0.25) is 11.6 Å². The molecule has 0 spiro atoms. The zero-order valence-electron chi connectivity index (χ0n) is 20.9. The lowest BCUT2D eigenvalue weighted by molar-refractivity contribution is 0.0600. The fourth-order valence-electron chi connectivity index (χ4n) is 3.74. The van der Waals surface area contributed by atoms with Gasteiger partial charge in [0.1, 0.15) is 11.5 Å². The summed E-state index contributed by atoms with van der Waals surface area (Å²) >= 11 is 0. The SMILES string of the molecule is COC(=O)c1ccc(CCc2cc(OC)c(OC)cc2C(=O)C(=O)c2cc(OC)cc(OC)c2)cc1. The highest BCUT2D eigenvalue weighted by molar-refractivity contribution is 6.49. The van der Waals surface area contributed by atoms with E-state index in [1.807, 2.05) is 12.1 Å². The van der Waals surface area contributed by atoms with Crippen LogP contribution in [0.25, 0.3) is 0 Å². The minimum absolute atomic E-state index is 0.148. The molecule has 0 aliphatic carbocycles. The van der Waals surface area contributed by atoms with Crippen molar-refractivity contribution < 1.29 is 38.1 Å². The lowest BCUT2D eigenvalue weighted by Crippen LogP contribution is -2.17. The van der Waals surface area contributed by atoms with Crippen LogP contribution in [0, 0.1) is 0 Å². The van der Waals surface area contributed by atoms with Crippen LogP contribution in [0.15, 0.2) is 54.6 Å². The third kappa shape index (κ3) is 5.83. The molecule has 0 N–H and O–H groups in total. The summed E-state index contributed by atoms with van der Waals surface area (Å²) < 4.78 is 26.0. The molecule has 0 aliphatic rings.